The molecule has 3 aromatic rings. The molecular formula is C18H18N4. The number of nitriles is 1. The highest BCUT2D eigenvalue weighted by molar-refractivity contribution is 5.82. The molecule has 0 aliphatic heterocycles. The van der Waals surface area contributed by atoms with Gasteiger partial charge in [0.05, 0.1) is 23.0 Å². The number of hydrogen-bond donors (Lipinski definition) is 0. The molecule has 0 aliphatic rings. The van der Waals surface area contributed by atoms with Crippen molar-refractivity contribution in [1.82, 2.24) is 14.5 Å². The zero-order valence-electron chi connectivity index (χ0n) is 13.0. The second-order valence-corrected chi connectivity index (χ2v) is 5.74. The molecule has 0 fully saturated rings. The molecule has 2 heterocycles. The second kappa shape index (κ2) is 5.61. The predicted molar refractivity (Wildman–Crippen MR) is 87.2 cm³/mol. The topological polar surface area (TPSA) is 54.5 Å². The van der Waals surface area contributed by atoms with Gasteiger partial charge in [-0.3, -0.25) is 4.98 Å². The van der Waals surface area contributed by atoms with Crippen molar-refractivity contribution in [2.75, 3.05) is 0 Å². The molecule has 1 aromatic carbocycles. The van der Waals surface area contributed by atoms with E-state index in [0.717, 1.165) is 22.4 Å². The van der Waals surface area contributed by atoms with Crippen molar-refractivity contribution in [1.29, 1.82) is 5.26 Å². The van der Waals surface area contributed by atoms with Gasteiger partial charge in [-0.05, 0) is 56.2 Å². The van der Waals surface area contributed by atoms with Crippen LogP contribution in [0.5, 0.6) is 0 Å². The summed E-state index contributed by atoms with van der Waals surface area (Å²) in [5.41, 5.74) is 5.54. The first-order chi connectivity index (χ1) is 10.6. The lowest BCUT2D eigenvalue weighted by molar-refractivity contribution is 0.597. The van der Waals surface area contributed by atoms with Gasteiger partial charge in [0.1, 0.15) is 5.82 Å². The average molecular weight is 290 g/mol. The molecule has 2 aromatic heterocycles. The van der Waals surface area contributed by atoms with Crippen LogP contribution in [-0.4, -0.2) is 14.5 Å². The number of benzene rings is 1. The number of nitrogens with zero attached hydrogens (tertiary/aromatic N) is 4. The Balaban J connectivity index is 2.26. The number of aryl methyl sites for hydroxylation is 2. The Morgan fingerprint density at radius 1 is 1.18 bits per heavy atom. The third kappa shape index (κ3) is 2.46. The number of hydrogen-bond acceptors (Lipinski definition) is 3. The minimum absolute atomic E-state index is 0.0698. The van der Waals surface area contributed by atoms with Crippen molar-refractivity contribution in [2.45, 2.75) is 27.3 Å². The molecule has 0 aliphatic carbocycles. The number of rotatable bonds is 3. The van der Waals surface area contributed by atoms with Crippen LogP contribution >= 0.6 is 0 Å². The van der Waals surface area contributed by atoms with Crippen LogP contribution in [0.3, 0.4) is 0 Å². The van der Waals surface area contributed by atoms with Crippen LogP contribution in [0.1, 0.15) is 18.1 Å². The van der Waals surface area contributed by atoms with E-state index < -0.39 is 0 Å². The van der Waals surface area contributed by atoms with E-state index in [2.05, 4.69) is 41.6 Å². The Bertz CT molecular complexity index is 856. The average Bonchev–Trinajstić information content (AvgIpc) is 2.86. The van der Waals surface area contributed by atoms with E-state index in [1.54, 1.807) is 12.4 Å². The highest BCUT2D eigenvalue weighted by atomic mass is 15.1. The molecule has 22 heavy (non-hydrogen) atoms. The molecule has 0 radical (unpaired) electrons. The smallest absolute Gasteiger partial charge is 0.141 e. The van der Waals surface area contributed by atoms with E-state index >= 15 is 0 Å². The monoisotopic (exact) mass is 290 g/mol. The SMILES string of the molecule is Cc1cc2nc(-c3ccncc3)n(CC(C)C#N)c2cc1C. The van der Waals surface area contributed by atoms with Gasteiger partial charge >= 0.3 is 0 Å². The van der Waals surface area contributed by atoms with Crippen LogP contribution in [-0.2, 0) is 6.54 Å². The van der Waals surface area contributed by atoms with E-state index in [-0.39, 0.29) is 5.92 Å². The third-order valence-electron chi connectivity index (χ3n) is 3.98. The molecular weight excluding hydrogens is 272 g/mol. The van der Waals surface area contributed by atoms with Gasteiger partial charge in [-0.15, -0.1) is 0 Å². The highest BCUT2D eigenvalue weighted by Crippen LogP contribution is 2.27. The second-order valence-electron chi connectivity index (χ2n) is 5.74. The Hall–Kier alpha value is -2.67. The zero-order valence-corrected chi connectivity index (χ0v) is 13.0. The van der Waals surface area contributed by atoms with E-state index in [9.17, 15) is 5.26 Å². The van der Waals surface area contributed by atoms with Gasteiger partial charge in [0, 0.05) is 24.5 Å². The molecule has 0 amide bonds. The summed E-state index contributed by atoms with van der Waals surface area (Å²) in [6, 6.07) is 10.5. The largest absolute Gasteiger partial charge is 0.323 e. The van der Waals surface area contributed by atoms with Crippen LogP contribution in [0, 0.1) is 31.1 Å². The van der Waals surface area contributed by atoms with Gasteiger partial charge in [-0.1, -0.05) is 0 Å². The molecule has 4 heteroatoms. The summed E-state index contributed by atoms with van der Waals surface area (Å²) in [4.78, 5) is 8.87. The van der Waals surface area contributed by atoms with E-state index in [0.29, 0.717) is 6.54 Å². The van der Waals surface area contributed by atoms with E-state index in [1.807, 2.05) is 19.1 Å². The molecule has 0 saturated carbocycles. The lowest BCUT2D eigenvalue weighted by Gasteiger charge is -2.11. The van der Waals surface area contributed by atoms with Crippen molar-refractivity contribution >= 4 is 11.0 Å². The number of pyridine rings is 1. The van der Waals surface area contributed by atoms with Crippen LogP contribution < -0.4 is 0 Å². The van der Waals surface area contributed by atoms with Crippen molar-refractivity contribution in [3.8, 4) is 17.5 Å². The predicted octanol–water partition coefficient (Wildman–Crippen LogP) is 3.87. The fraction of sp³-hybridized carbons (Fsp3) is 0.278. The van der Waals surface area contributed by atoms with Gasteiger partial charge in [0.2, 0.25) is 0 Å². The lowest BCUT2D eigenvalue weighted by atomic mass is 10.1. The van der Waals surface area contributed by atoms with Gasteiger partial charge in [-0.25, -0.2) is 4.98 Å². The van der Waals surface area contributed by atoms with Crippen molar-refractivity contribution < 1.29 is 0 Å². The first-order valence-corrected chi connectivity index (χ1v) is 7.37. The minimum Gasteiger partial charge on any atom is -0.323 e. The fourth-order valence-corrected chi connectivity index (χ4v) is 2.60. The van der Waals surface area contributed by atoms with Crippen molar-refractivity contribution in [2.24, 2.45) is 5.92 Å². The maximum atomic E-state index is 9.17. The minimum atomic E-state index is -0.0698. The molecule has 110 valence electrons. The Morgan fingerprint density at radius 2 is 1.86 bits per heavy atom. The Labute approximate surface area is 130 Å². The van der Waals surface area contributed by atoms with Crippen LogP contribution in [0.25, 0.3) is 22.4 Å². The quantitative estimate of drug-likeness (QED) is 0.735. The van der Waals surface area contributed by atoms with Crippen LogP contribution in [0.2, 0.25) is 0 Å². The maximum Gasteiger partial charge on any atom is 0.141 e. The fourth-order valence-electron chi connectivity index (χ4n) is 2.60. The van der Waals surface area contributed by atoms with Gasteiger partial charge in [0.25, 0.3) is 0 Å². The first-order valence-electron chi connectivity index (χ1n) is 7.37. The molecule has 0 saturated heterocycles. The van der Waals surface area contributed by atoms with Gasteiger partial charge in [-0.2, -0.15) is 5.26 Å². The van der Waals surface area contributed by atoms with E-state index in [1.165, 1.54) is 11.1 Å². The van der Waals surface area contributed by atoms with Crippen molar-refractivity contribution in [3.63, 3.8) is 0 Å². The molecule has 0 spiro atoms. The summed E-state index contributed by atoms with van der Waals surface area (Å²) in [5.74, 6) is 0.823. The Kier molecular flexibility index (Phi) is 3.64. The number of aromatic nitrogens is 3. The van der Waals surface area contributed by atoms with Gasteiger partial charge in [0.15, 0.2) is 0 Å². The normalized spacial score (nSPS) is 12.3. The zero-order chi connectivity index (χ0) is 15.7. The summed E-state index contributed by atoms with van der Waals surface area (Å²) < 4.78 is 2.14. The number of fused-ring (bicyclic) bond motifs is 1. The van der Waals surface area contributed by atoms with Crippen molar-refractivity contribution in [3.05, 3.63) is 47.8 Å². The standard InChI is InChI=1S/C18H18N4/c1-12(10-19)11-22-17-9-14(3)13(2)8-16(17)21-18(22)15-4-6-20-7-5-15/h4-9,12H,11H2,1-3H3. The maximum absolute atomic E-state index is 9.17. The molecule has 3 rings (SSSR count). The lowest BCUT2D eigenvalue weighted by Crippen LogP contribution is -2.07. The molecule has 0 bridgehead atoms. The summed E-state index contributed by atoms with van der Waals surface area (Å²) >= 11 is 0. The third-order valence-corrected chi connectivity index (χ3v) is 3.98. The van der Waals surface area contributed by atoms with Crippen LogP contribution in [0.4, 0.5) is 0 Å². The molecule has 0 N–H and O–H groups in total. The molecule has 1 unspecified atom stereocenters. The summed E-state index contributed by atoms with van der Waals surface area (Å²) in [6.07, 6.45) is 3.53. The first kappa shape index (κ1) is 14.3. The summed E-state index contributed by atoms with van der Waals surface area (Å²) in [6.45, 7) is 6.76. The van der Waals surface area contributed by atoms with Gasteiger partial charge < -0.3 is 4.57 Å². The van der Waals surface area contributed by atoms with E-state index in [4.69, 9.17) is 4.98 Å². The number of imidazole rings is 1. The summed E-state index contributed by atoms with van der Waals surface area (Å²) in [7, 11) is 0. The molecule has 1 atom stereocenters. The highest BCUT2D eigenvalue weighted by Gasteiger charge is 2.15. The summed E-state index contributed by atoms with van der Waals surface area (Å²) in [5, 5.41) is 9.17. The van der Waals surface area contributed by atoms with Crippen LogP contribution in [0.15, 0.2) is 36.7 Å². The Morgan fingerprint density at radius 3 is 2.55 bits per heavy atom. The molecule has 4 nitrogen and oxygen atoms in total.